The molecular weight excluding hydrogens is 283 g/mol. The molecule has 19 heavy (non-hydrogen) atoms. The summed E-state index contributed by atoms with van der Waals surface area (Å²) >= 11 is 0. The van der Waals surface area contributed by atoms with Crippen molar-refractivity contribution < 1.29 is 22.0 Å². The summed E-state index contributed by atoms with van der Waals surface area (Å²) in [5.41, 5.74) is -4.50. The van der Waals surface area contributed by atoms with E-state index in [1.165, 1.54) is 0 Å². The van der Waals surface area contributed by atoms with Crippen LogP contribution in [0.3, 0.4) is 0 Å². The number of benzene rings is 2. The fraction of sp³-hybridized carbons (Fsp3) is 0.0769. The van der Waals surface area contributed by atoms with Crippen LogP contribution in [-0.2, 0) is 10.9 Å². The Morgan fingerprint density at radius 3 is 1.21 bits per heavy atom. The monoisotopic (exact) mass is 291 g/mol. The molecule has 0 saturated heterocycles. The number of halogens is 5. The molecule has 2 rings (SSSR count). The molecule has 100 valence electrons. The van der Waals surface area contributed by atoms with Crippen molar-refractivity contribution in [2.75, 3.05) is 0 Å². The molecule has 0 N–H and O–H groups in total. The lowest BCUT2D eigenvalue weighted by Gasteiger charge is -2.09. The van der Waals surface area contributed by atoms with Crippen molar-refractivity contribution in [2.45, 2.75) is 15.3 Å². The summed E-state index contributed by atoms with van der Waals surface area (Å²) in [6.45, 7) is 0. The molecular formula is C13H8F5S+. The van der Waals surface area contributed by atoms with Gasteiger partial charge in [0.25, 0.3) is 0 Å². The highest BCUT2D eigenvalue weighted by Crippen LogP contribution is 2.38. The first kappa shape index (κ1) is 13.9. The van der Waals surface area contributed by atoms with Crippen molar-refractivity contribution in [3.05, 3.63) is 60.2 Å². The predicted molar refractivity (Wildman–Crippen MR) is 62.8 cm³/mol. The van der Waals surface area contributed by atoms with Crippen molar-refractivity contribution in [3.8, 4) is 0 Å². The van der Waals surface area contributed by atoms with Gasteiger partial charge in [0.1, 0.15) is 11.6 Å². The average molecular weight is 291 g/mol. The lowest BCUT2D eigenvalue weighted by molar-refractivity contribution is -0.0371. The van der Waals surface area contributed by atoms with Crippen molar-refractivity contribution >= 4 is 10.9 Å². The van der Waals surface area contributed by atoms with Crippen molar-refractivity contribution in [1.29, 1.82) is 0 Å². The minimum Gasteiger partial charge on any atom is -0.207 e. The van der Waals surface area contributed by atoms with Gasteiger partial charge >= 0.3 is 5.51 Å². The molecule has 0 radical (unpaired) electrons. The van der Waals surface area contributed by atoms with Gasteiger partial charge in [-0.05, 0) is 48.5 Å². The van der Waals surface area contributed by atoms with Crippen LogP contribution in [0, 0.1) is 11.6 Å². The van der Waals surface area contributed by atoms with Gasteiger partial charge in [0.15, 0.2) is 20.7 Å². The van der Waals surface area contributed by atoms with Crippen LogP contribution in [0.2, 0.25) is 0 Å². The molecule has 0 amide bonds. The third-order valence-electron chi connectivity index (χ3n) is 2.33. The van der Waals surface area contributed by atoms with Gasteiger partial charge in [-0.3, -0.25) is 0 Å². The van der Waals surface area contributed by atoms with Crippen LogP contribution in [0.5, 0.6) is 0 Å². The summed E-state index contributed by atoms with van der Waals surface area (Å²) in [5.74, 6) is -1.21. The van der Waals surface area contributed by atoms with E-state index in [2.05, 4.69) is 0 Å². The Bertz CT molecular complexity index is 499. The van der Waals surface area contributed by atoms with Gasteiger partial charge in [0, 0.05) is 0 Å². The summed E-state index contributed by atoms with van der Waals surface area (Å²) in [5, 5.41) is 0. The molecule has 0 aromatic heterocycles. The summed E-state index contributed by atoms with van der Waals surface area (Å²) in [4.78, 5) is -0.110. The quantitative estimate of drug-likeness (QED) is 0.563. The Kier molecular flexibility index (Phi) is 3.80. The van der Waals surface area contributed by atoms with E-state index in [1.807, 2.05) is 0 Å². The highest BCUT2D eigenvalue weighted by atomic mass is 32.2. The molecule has 0 aliphatic heterocycles. The summed E-state index contributed by atoms with van der Waals surface area (Å²) in [6, 6.07) is 8.28. The maximum absolute atomic E-state index is 13.1. The standard InChI is InChI=1S/C13H8F5S/c14-9-1-5-11(6-2-9)19(13(16,17)18)12-7-3-10(15)4-8-12/h1-8H/q+1. The number of hydrogen-bond donors (Lipinski definition) is 0. The molecule has 2 aromatic rings. The molecule has 0 fully saturated rings. The third-order valence-corrected chi connectivity index (χ3v) is 4.28. The molecule has 0 spiro atoms. The number of rotatable bonds is 2. The van der Waals surface area contributed by atoms with E-state index in [1.54, 1.807) is 0 Å². The first-order valence-electron chi connectivity index (χ1n) is 5.20. The minimum atomic E-state index is -4.50. The second-order valence-electron chi connectivity index (χ2n) is 3.66. The summed E-state index contributed by atoms with van der Waals surface area (Å²) in [7, 11) is -2.22. The smallest absolute Gasteiger partial charge is 0.207 e. The van der Waals surface area contributed by atoms with Crippen LogP contribution in [0.15, 0.2) is 58.3 Å². The number of alkyl halides is 3. The van der Waals surface area contributed by atoms with Gasteiger partial charge in [0.2, 0.25) is 0 Å². The molecule has 0 heterocycles. The molecule has 0 bridgehead atoms. The van der Waals surface area contributed by atoms with Crippen LogP contribution >= 0.6 is 0 Å². The van der Waals surface area contributed by atoms with Crippen LogP contribution in [0.4, 0.5) is 22.0 Å². The van der Waals surface area contributed by atoms with Gasteiger partial charge in [0.05, 0.1) is 0 Å². The molecule has 0 aliphatic carbocycles. The van der Waals surface area contributed by atoms with E-state index in [-0.39, 0.29) is 9.79 Å². The zero-order chi connectivity index (χ0) is 14.0. The van der Waals surface area contributed by atoms with Crippen LogP contribution < -0.4 is 0 Å². The highest BCUT2D eigenvalue weighted by molar-refractivity contribution is 7.97. The SMILES string of the molecule is Fc1ccc([S+](c2ccc(F)cc2)C(F)(F)F)cc1. The first-order valence-corrected chi connectivity index (χ1v) is 6.42. The Morgan fingerprint density at radius 2 is 0.947 bits per heavy atom. The number of hydrogen-bond acceptors (Lipinski definition) is 0. The second kappa shape index (κ2) is 5.21. The summed E-state index contributed by atoms with van der Waals surface area (Å²) in [6.07, 6.45) is 0. The molecule has 0 nitrogen and oxygen atoms in total. The predicted octanol–water partition coefficient (Wildman–Crippen LogP) is 4.52. The molecule has 2 aromatic carbocycles. The maximum atomic E-state index is 13.1. The van der Waals surface area contributed by atoms with E-state index in [9.17, 15) is 22.0 Å². The zero-order valence-electron chi connectivity index (χ0n) is 9.42. The van der Waals surface area contributed by atoms with E-state index in [4.69, 9.17) is 0 Å². The lowest BCUT2D eigenvalue weighted by Crippen LogP contribution is -2.24. The fourth-order valence-corrected chi connectivity index (χ4v) is 3.17. The van der Waals surface area contributed by atoms with Crippen molar-refractivity contribution in [3.63, 3.8) is 0 Å². The minimum absolute atomic E-state index is 0.0551. The summed E-state index contributed by atoms with van der Waals surface area (Å²) < 4.78 is 64.9. The second-order valence-corrected chi connectivity index (χ2v) is 5.68. The molecule has 6 heteroatoms. The van der Waals surface area contributed by atoms with Gasteiger partial charge < -0.3 is 0 Å². The van der Waals surface area contributed by atoms with E-state index in [0.717, 1.165) is 48.5 Å². The largest absolute Gasteiger partial charge is 0.586 e. The zero-order valence-corrected chi connectivity index (χ0v) is 10.2. The van der Waals surface area contributed by atoms with Crippen LogP contribution in [0.25, 0.3) is 0 Å². The van der Waals surface area contributed by atoms with Gasteiger partial charge in [-0.15, -0.1) is 13.2 Å². The van der Waals surface area contributed by atoms with Crippen LogP contribution in [-0.4, -0.2) is 5.51 Å². The van der Waals surface area contributed by atoms with Gasteiger partial charge in [-0.1, -0.05) is 0 Å². The topological polar surface area (TPSA) is 0 Å². The van der Waals surface area contributed by atoms with Crippen LogP contribution in [0.1, 0.15) is 0 Å². The van der Waals surface area contributed by atoms with Gasteiger partial charge in [-0.25, -0.2) is 8.78 Å². The molecule has 0 saturated carbocycles. The Labute approximate surface area is 109 Å². The Morgan fingerprint density at radius 1 is 0.632 bits per heavy atom. The maximum Gasteiger partial charge on any atom is 0.586 e. The Hall–Kier alpha value is -1.56. The molecule has 0 unspecified atom stereocenters. The van der Waals surface area contributed by atoms with E-state index >= 15 is 0 Å². The Balaban J connectivity index is 2.47. The van der Waals surface area contributed by atoms with Gasteiger partial charge in [-0.2, -0.15) is 0 Å². The van der Waals surface area contributed by atoms with E-state index in [0.29, 0.717) is 0 Å². The van der Waals surface area contributed by atoms with Crippen molar-refractivity contribution in [1.82, 2.24) is 0 Å². The van der Waals surface area contributed by atoms with Crippen molar-refractivity contribution in [2.24, 2.45) is 0 Å². The fourth-order valence-electron chi connectivity index (χ4n) is 1.54. The van der Waals surface area contributed by atoms with E-state index < -0.39 is 28.0 Å². The lowest BCUT2D eigenvalue weighted by atomic mass is 10.3. The third kappa shape index (κ3) is 3.26. The normalized spacial score (nSPS) is 11.9. The first-order chi connectivity index (χ1) is 8.88. The average Bonchev–Trinajstić information content (AvgIpc) is 2.33. The molecule has 0 aliphatic rings. The highest BCUT2D eigenvalue weighted by Gasteiger charge is 2.54. The molecule has 0 atom stereocenters.